The lowest BCUT2D eigenvalue weighted by Gasteiger charge is -2.42. The van der Waals surface area contributed by atoms with E-state index in [-0.39, 0.29) is 11.4 Å². The number of benzene rings is 2. The highest BCUT2D eigenvalue weighted by Gasteiger charge is 2.45. The number of methoxy groups -OCH3 is 1. The lowest BCUT2D eigenvalue weighted by molar-refractivity contribution is -0.386. The van der Waals surface area contributed by atoms with E-state index in [4.69, 9.17) is 9.47 Å². The van der Waals surface area contributed by atoms with Crippen molar-refractivity contribution >= 4 is 5.69 Å². The van der Waals surface area contributed by atoms with Crippen LogP contribution in [0.4, 0.5) is 5.69 Å². The SMILES string of the molecule is COc1cc2c(c([N+](=O)[O-])c1)OC(C)(C)C(O)C2NCCc1ccccc1. The fourth-order valence-electron chi connectivity index (χ4n) is 3.34. The van der Waals surface area contributed by atoms with Gasteiger partial charge in [-0.3, -0.25) is 10.1 Å². The van der Waals surface area contributed by atoms with Crippen molar-refractivity contribution in [3.8, 4) is 11.5 Å². The minimum atomic E-state index is -0.975. The highest BCUT2D eigenvalue weighted by atomic mass is 16.6. The van der Waals surface area contributed by atoms with Crippen molar-refractivity contribution in [3.63, 3.8) is 0 Å². The van der Waals surface area contributed by atoms with Gasteiger partial charge in [0.2, 0.25) is 5.75 Å². The molecule has 7 heteroatoms. The zero-order valence-corrected chi connectivity index (χ0v) is 15.6. The van der Waals surface area contributed by atoms with Crippen molar-refractivity contribution in [1.82, 2.24) is 5.32 Å². The summed E-state index contributed by atoms with van der Waals surface area (Å²) in [4.78, 5) is 11.0. The van der Waals surface area contributed by atoms with E-state index in [1.165, 1.54) is 18.7 Å². The number of nitrogens with one attached hydrogen (secondary N) is 1. The maximum atomic E-state index is 11.5. The maximum Gasteiger partial charge on any atom is 0.315 e. The molecule has 2 aromatic rings. The molecule has 0 aromatic heterocycles. The van der Waals surface area contributed by atoms with Gasteiger partial charge in [-0.15, -0.1) is 0 Å². The fraction of sp³-hybridized carbons (Fsp3) is 0.400. The van der Waals surface area contributed by atoms with Gasteiger partial charge >= 0.3 is 5.69 Å². The van der Waals surface area contributed by atoms with Gasteiger partial charge in [0.25, 0.3) is 0 Å². The number of hydrogen-bond donors (Lipinski definition) is 2. The summed E-state index contributed by atoms with van der Waals surface area (Å²) < 4.78 is 11.0. The van der Waals surface area contributed by atoms with Crippen LogP contribution in [-0.4, -0.2) is 35.4 Å². The molecular formula is C20H24N2O5. The van der Waals surface area contributed by atoms with Crippen LogP contribution in [0.2, 0.25) is 0 Å². The highest BCUT2D eigenvalue weighted by Crippen LogP contribution is 2.46. The van der Waals surface area contributed by atoms with E-state index in [1.54, 1.807) is 19.9 Å². The van der Waals surface area contributed by atoms with Gasteiger partial charge < -0.3 is 19.9 Å². The summed E-state index contributed by atoms with van der Waals surface area (Å²) in [5, 5.41) is 25.7. The van der Waals surface area contributed by atoms with E-state index in [0.29, 0.717) is 17.9 Å². The number of aliphatic hydroxyl groups is 1. The molecule has 0 amide bonds. The van der Waals surface area contributed by atoms with Crippen molar-refractivity contribution in [2.45, 2.75) is 38.0 Å². The summed E-state index contributed by atoms with van der Waals surface area (Å²) in [5.41, 5.74) is 0.555. The number of nitro benzene ring substituents is 1. The third-order valence-corrected chi connectivity index (χ3v) is 4.85. The second-order valence-corrected chi connectivity index (χ2v) is 7.14. The molecule has 2 atom stereocenters. The summed E-state index contributed by atoms with van der Waals surface area (Å²) in [6, 6.07) is 12.5. The summed E-state index contributed by atoms with van der Waals surface area (Å²) in [6.45, 7) is 4.05. The van der Waals surface area contributed by atoms with Crippen LogP contribution in [-0.2, 0) is 6.42 Å². The molecule has 1 aliphatic rings. The van der Waals surface area contributed by atoms with Crippen molar-refractivity contribution in [1.29, 1.82) is 0 Å². The molecule has 0 saturated carbocycles. The molecule has 27 heavy (non-hydrogen) atoms. The molecule has 144 valence electrons. The molecule has 0 fully saturated rings. The summed E-state index contributed by atoms with van der Waals surface area (Å²) in [7, 11) is 1.45. The number of fused-ring (bicyclic) bond motifs is 1. The monoisotopic (exact) mass is 372 g/mol. The van der Waals surface area contributed by atoms with E-state index in [1.807, 2.05) is 30.3 Å². The van der Waals surface area contributed by atoms with Crippen LogP contribution in [0.25, 0.3) is 0 Å². The topological polar surface area (TPSA) is 93.9 Å². The molecule has 7 nitrogen and oxygen atoms in total. The van der Waals surface area contributed by atoms with Gasteiger partial charge in [0, 0.05) is 5.56 Å². The zero-order chi connectivity index (χ0) is 19.6. The molecule has 2 N–H and O–H groups in total. The second-order valence-electron chi connectivity index (χ2n) is 7.14. The lowest BCUT2D eigenvalue weighted by atomic mass is 9.86. The summed E-state index contributed by atoms with van der Waals surface area (Å²) in [5.74, 6) is 0.527. The van der Waals surface area contributed by atoms with Crippen LogP contribution in [0.3, 0.4) is 0 Å². The van der Waals surface area contributed by atoms with Gasteiger partial charge in [0.1, 0.15) is 17.5 Å². The largest absolute Gasteiger partial charge is 0.496 e. The van der Waals surface area contributed by atoms with Gasteiger partial charge in [-0.1, -0.05) is 30.3 Å². The molecule has 0 saturated heterocycles. The Morgan fingerprint density at radius 1 is 1.30 bits per heavy atom. The number of ether oxygens (including phenoxy) is 2. The van der Waals surface area contributed by atoms with Crippen molar-refractivity contribution in [2.75, 3.05) is 13.7 Å². The Labute approximate surface area is 158 Å². The number of nitrogens with zero attached hydrogens (tertiary/aromatic N) is 1. The molecule has 1 heterocycles. The molecule has 0 spiro atoms. The van der Waals surface area contributed by atoms with E-state index >= 15 is 0 Å². The Hall–Kier alpha value is -2.64. The number of hydrogen-bond acceptors (Lipinski definition) is 6. The van der Waals surface area contributed by atoms with Crippen molar-refractivity contribution in [3.05, 3.63) is 63.7 Å². The Morgan fingerprint density at radius 3 is 2.63 bits per heavy atom. The Balaban J connectivity index is 1.93. The fourth-order valence-corrected chi connectivity index (χ4v) is 3.34. The Bertz CT molecular complexity index is 823. The minimum absolute atomic E-state index is 0.167. The van der Waals surface area contributed by atoms with E-state index in [0.717, 1.165) is 6.42 Å². The minimum Gasteiger partial charge on any atom is -0.496 e. The number of rotatable bonds is 6. The second kappa shape index (κ2) is 7.54. The Morgan fingerprint density at radius 2 is 2.00 bits per heavy atom. The van der Waals surface area contributed by atoms with Gasteiger partial charge in [0.15, 0.2) is 0 Å². The average Bonchev–Trinajstić information content (AvgIpc) is 2.64. The third-order valence-electron chi connectivity index (χ3n) is 4.85. The smallest absolute Gasteiger partial charge is 0.315 e. The highest BCUT2D eigenvalue weighted by molar-refractivity contribution is 5.59. The first-order valence-electron chi connectivity index (χ1n) is 8.84. The van der Waals surface area contributed by atoms with Gasteiger partial charge in [-0.2, -0.15) is 0 Å². The standard InChI is InChI=1S/C20H24N2O5/c1-20(2)19(23)17(21-10-9-13-7-5-4-6-8-13)15-11-14(26-3)12-16(22(24)25)18(15)27-20/h4-8,11-12,17,19,21,23H,9-10H2,1-3H3. The average molecular weight is 372 g/mol. The van der Waals surface area contributed by atoms with Gasteiger partial charge in [-0.05, 0) is 38.4 Å². The van der Waals surface area contributed by atoms with Crippen LogP contribution in [0.5, 0.6) is 11.5 Å². The third kappa shape index (κ3) is 3.89. The van der Waals surface area contributed by atoms with E-state index in [2.05, 4.69) is 5.32 Å². The molecule has 2 aromatic carbocycles. The summed E-state index contributed by atoms with van der Waals surface area (Å²) >= 11 is 0. The van der Waals surface area contributed by atoms with Crippen molar-refractivity contribution in [2.24, 2.45) is 0 Å². The number of nitro groups is 1. The van der Waals surface area contributed by atoms with Gasteiger partial charge in [0.05, 0.1) is 24.1 Å². The molecule has 3 rings (SSSR count). The first kappa shape index (κ1) is 19.1. The molecule has 0 bridgehead atoms. The summed E-state index contributed by atoms with van der Waals surface area (Å²) in [6.07, 6.45) is -0.111. The molecule has 1 aliphatic heterocycles. The molecule has 0 radical (unpaired) electrons. The van der Waals surface area contributed by atoms with Crippen LogP contribution < -0.4 is 14.8 Å². The number of aliphatic hydroxyl groups excluding tert-OH is 1. The van der Waals surface area contributed by atoms with Crippen LogP contribution in [0, 0.1) is 10.1 Å². The predicted molar refractivity (Wildman–Crippen MR) is 101 cm³/mol. The van der Waals surface area contributed by atoms with Gasteiger partial charge in [-0.25, -0.2) is 0 Å². The molecular weight excluding hydrogens is 348 g/mol. The maximum absolute atomic E-state index is 11.5. The Kier molecular flexibility index (Phi) is 5.34. The lowest BCUT2D eigenvalue weighted by Crippen LogP contribution is -2.52. The van der Waals surface area contributed by atoms with Crippen LogP contribution in [0.15, 0.2) is 42.5 Å². The molecule has 0 aliphatic carbocycles. The first-order chi connectivity index (χ1) is 12.8. The quantitative estimate of drug-likeness (QED) is 0.598. The predicted octanol–water partition coefficient (Wildman–Crippen LogP) is 3.01. The molecule has 2 unspecified atom stereocenters. The van der Waals surface area contributed by atoms with Crippen LogP contribution in [0.1, 0.15) is 31.0 Å². The normalized spacial score (nSPS) is 20.4. The van der Waals surface area contributed by atoms with E-state index < -0.39 is 22.7 Å². The zero-order valence-electron chi connectivity index (χ0n) is 15.6. The van der Waals surface area contributed by atoms with Crippen LogP contribution >= 0.6 is 0 Å². The van der Waals surface area contributed by atoms with Crippen molar-refractivity contribution < 1.29 is 19.5 Å². The van der Waals surface area contributed by atoms with E-state index in [9.17, 15) is 15.2 Å². The first-order valence-corrected chi connectivity index (χ1v) is 8.84.